The molecule has 0 fully saturated rings. The second-order valence-electron chi connectivity index (χ2n) is 5.55. The Balaban J connectivity index is 1.74. The molecule has 0 saturated carbocycles. The number of amides is 1. The van der Waals surface area contributed by atoms with Crippen LogP contribution < -0.4 is 5.32 Å². The molecule has 0 aliphatic heterocycles. The molecular formula is C17H15F3N4OS. The average Bonchev–Trinajstić information content (AvgIpc) is 3.27. The summed E-state index contributed by atoms with van der Waals surface area (Å²) in [5, 5.41) is 8.44. The Morgan fingerprint density at radius 3 is 2.77 bits per heavy atom. The van der Waals surface area contributed by atoms with Crippen LogP contribution in [0.3, 0.4) is 0 Å². The number of nitrogens with zero attached hydrogens (tertiary/aromatic N) is 3. The van der Waals surface area contributed by atoms with E-state index in [1.54, 1.807) is 11.3 Å². The van der Waals surface area contributed by atoms with E-state index in [-0.39, 0.29) is 18.0 Å². The summed E-state index contributed by atoms with van der Waals surface area (Å²) in [6.45, 7) is 0. The Hall–Kier alpha value is -2.68. The highest BCUT2D eigenvalue weighted by Crippen LogP contribution is 2.33. The van der Waals surface area contributed by atoms with Gasteiger partial charge in [0.2, 0.25) is 5.91 Å². The lowest BCUT2D eigenvalue weighted by molar-refractivity contribution is -0.137. The number of nitrogens with one attached hydrogen (secondary N) is 1. The van der Waals surface area contributed by atoms with E-state index in [0.717, 1.165) is 18.6 Å². The minimum absolute atomic E-state index is 0.0476. The molecule has 3 rings (SSSR count). The maximum Gasteiger partial charge on any atom is 0.416 e. The van der Waals surface area contributed by atoms with Crippen molar-refractivity contribution in [3.8, 4) is 5.69 Å². The van der Waals surface area contributed by atoms with Gasteiger partial charge < -0.3 is 5.32 Å². The third-order valence-corrected chi connectivity index (χ3v) is 4.61. The molecule has 136 valence electrons. The van der Waals surface area contributed by atoms with E-state index in [1.165, 1.54) is 28.3 Å². The molecule has 0 spiro atoms. The lowest BCUT2D eigenvalue weighted by Crippen LogP contribution is -2.15. The first kappa shape index (κ1) is 18.1. The largest absolute Gasteiger partial charge is 0.416 e. The third kappa shape index (κ3) is 4.48. The van der Waals surface area contributed by atoms with Gasteiger partial charge in [-0.1, -0.05) is 6.07 Å². The number of anilines is 1. The molecule has 0 aliphatic carbocycles. The van der Waals surface area contributed by atoms with Crippen molar-refractivity contribution in [2.24, 2.45) is 0 Å². The van der Waals surface area contributed by atoms with Crippen LogP contribution in [0, 0.1) is 0 Å². The maximum absolute atomic E-state index is 13.0. The van der Waals surface area contributed by atoms with Crippen molar-refractivity contribution in [2.45, 2.75) is 25.4 Å². The standard InChI is InChI=1S/C17H15F3N4OS/c18-17(19,20)12-6-7-15(24-11-21-10-22-24)14(9-12)23-16(25)5-1-3-13-4-2-8-26-13/h2,4,6-11H,1,3,5H2,(H,23,25). The molecule has 26 heavy (non-hydrogen) atoms. The van der Waals surface area contributed by atoms with E-state index in [4.69, 9.17) is 0 Å². The number of thiophene rings is 1. The van der Waals surface area contributed by atoms with Gasteiger partial charge in [-0.3, -0.25) is 4.79 Å². The van der Waals surface area contributed by atoms with Gasteiger partial charge in [0.05, 0.1) is 16.9 Å². The molecule has 1 amide bonds. The molecule has 0 aliphatic rings. The van der Waals surface area contributed by atoms with Crippen molar-refractivity contribution in [2.75, 3.05) is 5.32 Å². The van der Waals surface area contributed by atoms with E-state index in [0.29, 0.717) is 12.1 Å². The van der Waals surface area contributed by atoms with Crippen LogP contribution in [0.15, 0.2) is 48.4 Å². The van der Waals surface area contributed by atoms with Crippen LogP contribution in [-0.2, 0) is 17.4 Å². The number of benzene rings is 1. The van der Waals surface area contributed by atoms with Gasteiger partial charge >= 0.3 is 6.18 Å². The van der Waals surface area contributed by atoms with Crippen molar-refractivity contribution in [3.63, 3.8) is 0 Å². The highest BCUT2D eigenvalue weighted by atomic mass is 32.1. The van der Waals surface area contributed by atoms with Gasteiger partial charge in [-0.15, -0.1) is 11.3 Å². The summed E-state index contributed by atoms with van der Waals surface area (Å²) >= 11 is 1.61. The van der Waals surface area contributed by atoms with Crippen LogP contribution >= 0.6 is 11.3 Å². The van der Waals surface area contributed by atoms with E-state index in [1.807, 2.05) is 17.5 Å². The van der Waals surface area contributed by atoms with Crippen molar-refractivity contribution in [3.05, 3.63) is 58.8 Å². The summed E-state index contributed by atoms with van der Waals surface area (Å²) in [5.74, 6) is -0.345. The highest BCUT2D eigenvalue weighted by molar-refractivity contribution is 7.09. The number of carbonyl (C=O) groups excluding carboxylic acids is 1. The first-order chi connectivity index (χ1) is 12.4. The molecule has 3 aromatic rings. The molecule has 2 heterocycles. The van der Waals surface area contributed by atoms with E-state index >= 15 is 0 Å². The Morgan fingerprint density at radius 2 is 2.12 bits per heavy atom. The molecule has 0 bridgehead atoms. The number of hydrogen-bond donors (Lipinski definition) is 1. The number of aromatic nitrogens is 3. The average molecular weight is 380 g/mol. The normalized spacial score (nSPS) is 11.5. The van der Waals surface area contributed by atoms with Crippen LogP contribution in [0.5, 0.6) is 0 Å². The van der Waals surface area contributed by atoms with E-state index in [2.05, 4.69) is 15.4 Å². The molecule has 9 heteroatoms. The van der Waals surface area contributed by atoms with Crippen molar-refractivity contribution in [1.82, 2.24) is 14.8 Å². The van der Waals surface area contributed by atoms with Gasteiger partial charge in [0, 0.05) is 11.3 Å². The SMILES string of the molecule is O=C(CCCc1cccs1)Nc1cc(C(F)(F)F)ccc1-n1cncn1. The predicted octanol–water partition coefficient (Wildman–Crippen LogP) is 4.31. The Morgan fingerprint density at radius 1 is 1.27 bits per heavy atom. The number of aryl methyl sites for hydroxylation is 1. The zero-order valence-electron chi connectivity index (χ0n) is 13.5. The van der Waals surface area contributed by atoms with Gasteiger partial charge in [0.15, 0.2) is 0 Å². The lowest BCUT2D eigenvalue weighted by Gasteiger charge is -2.14. The fourth-order valence-corrected chi connectivity index (χ4v) is 3.19. The van der Waals surface area contributed by atoms with Gasteiger partial charge in [-0.05, 0) is 42.5 Å². The summed E-state index contributed by atoms with van der Waals surface area (Å²) < 4.78 is 40.3. The van der Waals surface area contributed by atoms with Crippen molar-refractivity contribution < 1.29 is 18.0 Å². The minimum atomic E-state index is -4.50. The second kappa shape index (κ2) is 7.69. The second-order valence-corrected chi connectivity index (χ2v) is 6.58. The van der Waals surface area contributed by atoms with E-state index in [9.17, 15) is 18.0 Å². The summed E-state index contributed by atoms with van der Waals surface area (Å²) in [7, 11) is 0. The fraction of sp³-hybridized carbons (Fsp3) is 0.235. The summed E-state index contributed by atoms with van der Waals surface area (Å²) in [6, 6.07) is 7.04. The van der Waals surface area contributed by atoms with Crippen LogP contribution in [0.2, 0.25) is 0 Å². The minimum Gasteiger partial charge on any atom is -0.324 e. The lowest BCUT2D eigenvalue weighted by atomic mass is 10.1. The van der Waals surface area contributed by atoms with Gasteiger partial charge in [0.1, 0.15) is 12.7 Å². The molecule has 0 atom stereocenters. The molecule has 0 radical (unpaired) electrons. The summed E-state index contributed by atoms with van der Waals surface area (Å²) in [4.78, 5) is 17.1. The zero-order valence-corrected chi connectivity index (χ0v) is 14.3. The highest BCUT2D eigenvalue weighted by Gasteiger charge is 2.31. The Labute approximate surface area is 151 Å². The molecule has 0 saturated heterocycles. The summed E-state index contributed by atoms with van der Waals surface area (Å²) in [6.07, 6.45) is -0.294. The number of alkyl halides is 3. The fourth-order valence-electron chi connectivity index (χ4n) is 2.44. The maximum atomic E-state index is 13.0. The van der Waals surface area contributed by atoms with Crippen LogP contribution in [0.25, 0.3) is 5.69 Å². The topological polar surface area (TPSA) is 59.8 Å². The van der Waals surface area contributed by atoms with Crippen LogP contribution in [-0.4, -0.2) is 20.7 Å². The van der Waals surface area contributed by atoms with Crippen LogP contribution in [0.1, 0.15) is 23.3 Å². The van der Waals surface area contributed by atoms with Gasteiger partial charge in [-0.25, -0.2) is 9.67 Å². The predicted molar refractivity (Wildman–Crippen MR) is 92.2 cm³/mol. The van der Waals surface area contributed by atoms with E-state index < -0.39 is 11.7 Å². The Kier molecular flexibility index (Phi) is 5.36. The van der Waals surface area contributed by atoms with Crippen molar-refractivity contribution >= 4 is 22.9 Å². The first-order valence-corrected chi connectivity index (χ1v) is 8.70. The first-order valence-electron chi connectivity index (χ1n) is 7.82. The molecule has 5 nitrogen and oxygen atoms in total. The number of carbonyl (C=O) groups is 1. The third-order valence-electron chi connectivity index (χ3n) is 3.67. The Bertz CT molecular complexity index is 861. The molecule has 1 aromatic carbocycles. The smallest absolute Gasteiger partial charge is 0.324 e. The van der Waals surface area contributed by atoms with Gasteiger partial charge in [-0.2, -0.15) is 18.3 Å². The summed E-state index contributed by atoms with van der Waals surface area (Å²) in [5.41, 5.74) is -0.469. The number of hydrogen-bond acceptors (Lipinski definition) is 4. The molecule has 2 aromatic heterocycles. The molecular weight excluding hydrogens is 365 g/mol. The van der Waals surface area contributed by atoms with Crippen LogP contribution in [0.4, 0.5) is 18.9 Å². The van der Waals surface area contributed by atoms with Gasteiger partial charge in [0.25, 0.3) is 0 Å². The zero-order chi connectivity index (χ0) is 18.6. The number of halogens is 3. The molecule has 1 N–H and O–H groups in total. The monoisotopic (exact) mass is 380 g/mol. The quantitative estimate of drug-likeness (QED) is 0.693. The number of rotatable bonds is 6. The molecule has 0 unspecified atom stereocenters. The van der Waals surface area contributed by atoms with Crippen molar-refractivity contribution in [1.29, 1.82) is 0 Å².